The maximum absolute atomic E-state index is 12.1. The lowest BCUT2D eigenvalue weighted by atomic mass is 9.76. The molecule has 1 atom stereocenters. The smallest absolute Gasteiger partial charge is 0.258 e. The second-order valence-electron chi connectivity index (χ2n) is 7.29. The number of halogens is 1. The highest BCUT2D eigenvalue weighted by atomic mass is 35.5. The van der Waals surface area contributed by atoms with Crippen LogP contribution in [0.5, 0.6) is 5.75 Å². The minimum Gasteiger partial charge on any atom is -0.484 e. The van der Waals surface area contributed by atoms with Gasteiger partial charge in [-0.2, -0.15) is 0 Å². The zero-order chi connectivity index (χ0) is 18.6. The van der Waals surface area contributed by atoms with Gasteiger partial charge in [-0.15, -0.1) is 0 Å². The number of carbonyl (C=O) groups is 2. The summed E-state index contributed by atoms with van der Waals surface area (Å²) in [6, 6.07) is 7.03. The van der Waals surface area contributed by atoms with Crippen LogP contribution in [0.1, 0.15) is 32.6 Å². The van der Waals surface area contributed by atoms with E-state index >= 15 is 0 Å². The lowest BCUT2D eigenvalue weighted by Gasteiger charge is -2.39. The monoisotopic (exact) mass is 379 g/mol. The summed E-state index contributed by atoms with van der Waals surface area (Å²) in [5.74, 6) is 0.959. The molecular formula is C19H26ClN3O3. The topological polar surface area (TPSA) is 79.5 Å². The van der Waals surface area contributed by atoms with Crippen LogP contribution in [0, 0.1) is 5.92 Å². The van der Waals surface area contributed by atoms with Gasteiger partial charge in [-0.05, 0) is 62.4 Å². The molecule has 3 saturated carbocycles. The molecule has 0 radical (unpaired) electrons. The van der Waals surface area contributed by atoms with Gasteiger partial charge in [0.25, 0.3) is 5.91 Å². The molecule has 2 amide bonds. The molecule has 0 saturated heterocycles. The zero-order valence-corrected chi connectivity index (χ0v) is 15.8. The highest BCUT2D eigenvalue weighted by Crippen LogP contribution is 2.51. The number of amides is 2. The molecule has 2 bridgehead atoms. The van der Waals surface area contributed by atoms with Crippen LogP contribution in [0.3, 0.4) is 0 Å². The van der Waals surface area contributed by atoms with E-state index in [2.05, 4.69) is 22.9 Å². The number of rotatable bonds is 9. The van der Waals surface area contributed by atoms with Crippen molar-refractivity contribution in [3.8, 4) is 5.75 Å². The molecule has 0 aromatic heterocycles. The van der Waals surface area contributed by atoms with E-state index in [1.807, 2.05) is 0 Å². The van der Waals surface area contributed by atoms with Crippen molar-refractivity contribution >= 4 is 23.4 Å². The average molecular weight is 380 g/mol. The van der Waals surface area contributed by atoms with Crippen LogP contribution in [0.15, 0.2) is 24.3 Å². The number of hydrogen-bond donors (Lipinski definition) is 3. The van der Waals surface area contributed by atoms with Crippen molar-refractivity contribution in [2.75, 3.05) is 19.7 Å². The first-order chi connectivity index (χ1) is 12.5. The number of fused-ring (bicyclic) bond motifs is 1. The quantitative estimate of drug-likeness (QED) is 0.572. The molecule has 1 aromatic rings. The van der Waals surface area contributed by atoms with Gasteiger partial charge >= 0.3 is 0 Å². The van der Waals surface area contributed by atoms with Crippen molar-refractivity contribution in [2.45, 2.75) is 44.2 Å². The molecule has 142 valence electrons. The van der Waals surface area contributed by atoms with Crippen molar-refractivity contribution in [2.24, 2.45) is 5.92 Å². The Bertz CT molecular complexity index is 644. The molecule has 0 heterocycles. The van der Waals surface area contributed by atoms with E-state index in [1.165, 1.54) is 0 Å². The van der Waals surface area contributed by atoms with Crippen LogP contribution in [0.25, 0.3) is 0 Å². The van der Waals surface area contributed by atoms with Gasteiger partial charge in [-0.1, -0.05) is 18.5 Å². The van der Waals surface area contributed by atoms with Gasteiger partial charge in [-0.25, -0.2) is 0 Å². The summed E-state index contributed by atoms with van der Waals surface area (Å²) < 4.78 is 5.48. The number of hydrogen-bond acceptors (Lipinski definition) is 4. The second-order valence-corrected chi connectivity index (χ2v) is 7.73. The Morgan fingerprint density at radius 2 is 1.92 bits per heavy atom. The summed E-state index contributed by atoms with van der Waals surface area (Å²) >= 11 is 5.82. The Morgan fingerprint density at radius 1 is 1.19 bits per heavy atom. The van der Waals surface area contributed by atoms with Crippen molar-refractivity contribution in [3.63, 3.8) is 0 Å². The van der Waals surface area contributed by atoms with E-state index in [4.69, 9.17) is 16.3 Å². The molecule has 7 heteroatoms. The number of benzene rings is 1. The van der Waals surface area contributed by atoms with Crippen molar-refractivity contribution in [1.82, 2.24) is 16.0 Å². The molecule has 0 aliphatic heterocycles. The predicted molar refractivity (Wildman–Crippen MR) is 100 cm³/mol. The first-order valence-electron chi connectivity index (χ1n) is 9.19. The molecular weight excluding hydrogens is 354 g/mol. The third-order valence-electron chi connectivity index (χ3n) is 5.13. The number of carbonyl (C=O) groups excluding carboxylic acids is 2. The summed E-state index contributed by atoms with van der Waals surface area (Å²) in [5.41, 5.74) is -0.134. The summed E-state index contributed by atoms with van der Waals surface area (Å²) in [5, 5.41) is 9.94. The van der Waals surface area contributed by atoms with Crippen LogP contribution in [-0.4, -0.2) is 43.1 Å². The van der Waals surface area contributed by atoms with E-state index < -0.39 is 0 Å². The minimum absolute atomic E-state index is 0.0227. The lowest BCUT2D eigenvalue weighted by Crippen LogP contribution is -2.53. The van der Waals surface area contributed by atoms with Gasteiger partial charge in [0.05, 0.1) is 6.54 Å². The molecule has 26 heavy (non-hydrogen) atoms. The molecule has 3 N–H and O–H groups in total. The Labute approximate surface area is 159 Å². The minimum atomic E-state index is -0.136. The standard InChI is InChI=1S/C19H26ClN3O3/c1-2-7-21-11-17(24)23-19-8-13(9-19)16(10-19)22-18(25)12-26-15-5-3-14(20)4-6-15/h3-6,13,16,21H,2,7-12H2,1H3,(H,22,25)(H,23,24)/t13?,16-,19?/m1/s1. The summed E-state index contributed by atoms with van der Waals surface area (Å²) in [7, 11) is 0. The van der Waals surface area contributed by atoms with E-state index in [9.17, 15) is 9.59 Å². The molecule has 3 aliphatic carbocycles. The maximum Gasteiger partial charge on any atom is 0.258 e. The Balaban J connectivity index is 1.39. The van der Waals surface area contributed by atoms with Crippen LogP contribution in [0.4, 0.5) is 0 Å². The SMILES string of the molecule is CCCNCC(=O)NC12CC(C1)[C@H](NC(=O)COc1ccc(Cl)cc1)C2. The van der Waals surface area contributed by atoms with Gasteiger partial charge in [0, 0.05) is 16.6 Å². The van der Waals surface area contributed by atoms with E-state index in [0.29, 0.717) is 23.2 Å². The fraction of sp³-hybridized carbons (Fsp3) is 0.579. The third kappa shape index (κ3) is 4.68. The zero-order valence-electron chi connectivity index (χ0n) is 15.0. The van der Waals surface area contributed by atoms with E-state index in [1.54, 1.807) is 24.3 Å². The molecule has 3 fully saturated rings. The Morgan fingerprint density at radius 3 is 2.62 bits per heavy atom. The second kappa shape index (κ2) is 8.27. The largest absolute Gasteiger partial charge is 0.484 e. The first kappa shape index (κ1) is 19.0. The van der Waals surface area contributed by atoms with Gasteiger partial charge in [0.2, 0.25) is 5.91 Å². The van der Waals surface area contributed by atoms with Crippen LogP contribution < -0.4 is 20.7 Å². The Hall–Kier alpha value is -1.79. The van der Waals surface area contributed by atoms with Gasteiger partial charge in [0.15, 0.2) is 6.61 Å². The van der Waals surface area contributed by atoms with Crippen LogP contribution in [-0.2, 0) is 9.59 Å². The van der Waals surface area contributed by atoms with E-state index in [0.717, 1.165) is 32.2 Å². The molecule has 4 rings (SSSR count). The molecule has 0 spiro atoms. The molecule has 0 unspecified atom stereocenters. The maximum atomic E-state index is 12.1. The van der Waals surface area contributed by atoms with Crippen molar-refractivity contribution in [3.05, 3.63) is 29.3 Å². The third-order valence-corrected chi connectivity index (χ3v) is 5.38. The molecule has 1 aromatic carbocycles. The number of nitrogens with one attached hydrogen (secondary N) is 3. The highest BCUT2D eigenvalue weighted by Gasteiger charge is 2.57. The van der Waals surface area contributed by atoms with Gasteiger partial charge in [0.1, 0.15) is 5.75 Å². The van der Waals surface area contributed by atoms with Gasteiger partial charge < -0.3 is 20.7 Å². The normalized spacial score (nSPS) is 26.1. The molecule has 6 nitrogen and oxygen atoms in total. The molecule has 3 aliphatic rings. The summed E-state index contributed by atoms with van der Waals surface area (Å²) in [6.45, 7) is 3.24. The Kier molecular flexibility index (Phi) is 6.04. The first-order valence-corrected chi connectivity index (χ1v) is 9.57. The van der Waals surface area contributed by atoms with Crippen molar-refractivity contribution in [1.29, 1.82) is 0 Å². The fourth-order valence-electron chi connectivity index (χ4n) is 3.95. The average Bonchev–Trinajstić information content (AvgIpc) is 3.08. The van der Waals surface area contributed by atoms with Crippen LogP contribution >= 0.6 is 11.6 Å². The fourth-order valence-corrected chi connectivity index (χ4v) is 4.08. The summed E-state index contributed by atoms with van der Waals surface area (Å²) in [4.78, 5) is 24.2. The predicted octanol–water partition coefficient (Wildman–Crippen LogP) is 1.87. The van der Waals surface area contributed by atoms with Gasteiger partial charge in [-0.3, -0.25) is 9.59 Å². The van der Waals surface area contributed by atoms with Crippen LogP contribution in [0.2, 0.25) is 5.02 Å². The van der Waals surface area contributed by atoms with E-state index in [-0.39, 0.29) is 30.0 Å². The lowest BCUT2D eigenvalue weighted by molar-refractivity contribution is -0.124. The summed E-state index contributed by atoms with van der Waals surface area (Å²) in [6.07, 6.45) is 3.68. The van der Waals surface area contributed by atoms with Crippen molar-refractivity contribution < 1.29 is 14.3 Å². The highest BCUT2D eigenvalue weighted by molar-refractivity contribution is 6.30. The number of ether oxygens (including phenoxy) is 1.